The van der Waals surface area contributed by atoms with Gasteiger partial charge in [0.25, 0.3) is 5.91 Å². The number of methoxy groups -OCH3 is 1. The Morgan fingerprint density at radius 3 is 2.07 bits per heavy atom. The van der Waals surface area contributed by atoms with Crippen molar-refractivity contribution in [1.29, 1.82) is 0 Å². The second kappa shape index (κ2) is 9.50. The Bertz CT molecular complexity index is 897. The fourth-order valence-electron chi connectivity index (χ4n) is 2.19. The van der Waals surface area contributed by atoms with Crippen molar-refractivity contribution in [1.82, 2.24) is 5.43 Å². The molecule has 0 fully saturated rings. The zero-order valence-corrected chi connectivity index (χ0v) is 16.7. The minimum Gasteiger partial charge on any atom is -0.465 e. The Hall–Kier alpha value is -3.68. The van der Waals surface area contributed by atoms with Crippen LogP contribution in [0.5, 0.6) is 0 Å². The smallest absolute Gasteiger partial charge is 0.428 e. The molecule has 2 N–H and O–H groups in total. The highest BCUT2D eigenvalue weighted by molar-refractivity contribution is 6.05. The lowest BCUT2D eigenvalue weighted by Crippen LogP contribution is -2.29. The average Bonchev–Trinajstić information content (AvgIpc) is 2.67. The van der Waals surface area contributed by atoms with Crippen LogP contribution in [-0.2, 0) is 9.47 Å². The van der Waals surface area contributed by atoms with Crippen molar-refractivity contribution >= 4 is 29.9 Å². The number of carbonyl (C=O) groups is 3. The third kappa shape index (κ3) is 7.10. The number of hydrogen-bond acceptors (Lipinski definition) is 6. The molecule has 29 heavy (non-hydrogen) atoms. The van der Waals surface area contributed by atoms with Crippen LogP contribution in [0.25, 0.3) is 0 Å². The van der Waals surface area contributed by atoms with Crippen LogP contribution in [0, 0.1) is 0 Å². The van der Waals surface area contributed by atoms with E-state index < -0.39 is 17.7 Å². The Labute approximate surface area is 168 Å². The summed E-state index contributed by atoms with van der Waals surface area (Å²) in [5, 5.41) is 6.58. The molecule has 0 saturated carbocycles. The monoisotopic (exact) mass is 397 g/mol. The maximum atomic E-state index is 12.3. The van der Waals surface area contributed by atoms with Gasteiger partial charge in [-0.2, -0.15) is 5.10 Å². The summed E-state index contributed by atoms with van der Waals surface area (Å²) >= 11 is 0. The van der Waals surface area contributed by atoms with Crippen LogP contribution < -0.4 is 10.7 Å². The van der Waals surface area contributed by atoms with Gasteiger partial charge in [-0.05, 0) is 62.7 Å². The number of nitrogens with zero attached hydrogens (tertiary/aromatic N) is 1. The van der Waals surface area contributed by atoms with E-state index in [1.807, 2.05) is 0 Å². The van der Waals surface area contributed by atoms with Crippen LogP contribution in [0.15, 0.2) is 53.6 Å². The third-order valence-corrected chi connectivity index (χ3v) is 3.51. The summed E-state index contributed by atoms with van der Waals surface area (Å²) in [5.74, 6) is -0.773. The van der Waals surface area contributed by atoms with Crippen LogP contribution >= 0.6 is 0 Å². The topological polar surface area (TPSA) is 106 Å². The fraction of sp³-hybridized carbons (Fsp3) is 0.238. The number of carbonyl (C=O) groups excluding carboxylic acids is 3. The van der Waals surface area contributed by atoms with Gasteiger partial charge >= 0.3 is 12.1 Å². The normalized spacial score (nSPS) is 11.0. The maximum Gasteiger partial charge on any atom is 0.428 e. The molecule has 8 heteroatoms. The second-order valence-corrected chi connectivity index (χ2v) is 7.02. The maximum absolute atomic E-state index is 12.3. The van der Waals surface area contributed by atoms with E-state index in [0.29, 0.717) is 16.8 Å². The van der Waals surface area contributed by atoms with E-state index in [1.165, 1.54) is 25.5 Å². The number of ether oxygens (including phenoxy) is 2. The van der Waals surface area contributed by atoms with Crippen LogP contribution in [0.4, 0.5) is 10.5 Å². The van der Waals surface area contributed by atoms with Crippen molar-refractivity contribution in [3.63, 3.8) is 0 Å². The van der Waals surface area contributed by atoms with Gasteiger partial charge in [0, 0.05) is 11.3 Å². The molecule has 8 nitrogen and oxygen atoms in total. The summed E-state index contributed by atoms with van der Waals surface area (Å²) in [5.41, 5.74) is 3.77. The summed E-state index contributed by atoms with van der Waals surface area (Å²) in [6.45, 7) is 5.28. The van der Waals surface area contributed by atoms with E-state index in [1.54, 1.807) is 57.2 Å². The molecule has 0 aromatic heterocycles. The van der Waals surface area contributed by atoms with E-state index in [2.05, 4.69) is 20.6 Å². The van der Waals surface area contributed by atoms with Crippen molar-refractivity contribution in [2.24, 2.45) is 5.10 Å². The van der Waals surface area contributed by atoms with E-state index in [0.717, 1.165) is 5.56 Å². The molecule has 0 saturated heterocycles. The Morgan fingerprint density at radius 2 is 1.52 bits per heavy atom. The molecular weight excluding hydrogens is 374 g/mol. The third-order valence-electron chi connectivity index (χ3n) is 3.51. The number of esters is 1. The molecule has 0 unspecified atom stereocenters. The van der Waals surface area contributed by atoms with Crippen LogP contribution in [0.2, 0.25) is 0 Å². The fourth-order valence-corrected chi connectivity index (χ4v) is 2.19. The van der Waals surface area contributed by atoms with Crippen molar-refractivity contribution in [3.05, 3.63) is 65.2 Å². The molecule has 0 aliphatic carbocycles. The number of amides is 2. The largest absolute Gasteiger partial charge is 0.465 e. The van der Waals surface area contributed by atoms with Crippen molar-refractivity contribution in [2.75, 3.05) is 12.4 Å². The van der Waals surface area contributed by atoms with Gasteiger partial charge in [-0.3, -0.25) is 4.79 Å². The Kier molecular flexibility index (Phi) is 7.08. The number of rotatable bonds is 5. The summed E-state index contributed by atoms with van der Waals surface area (Å²) in [6, 6.07) is 13.0. The summed E-state index contributed by atoms with van der Waals surface area (Å²) < 4.78 is 9.70. The molecule has 0 radical (unpaired) electrons. The lowest BCUT2D eigenvalue weighted by atomic mass is 10.1. The van der Waals surface area contributed by atoms with Crippen LogP contribution in [0.1, 0.15) is 47.1 Å². The van der Waals surface area contributed by atoms with E-state index in [-0.39, 0.29) is 5.91 Å². The van der Waals surface area contributed by atoms with E-state index in [9.17, 15) is 14.4 Å². The first-order valence-electron chi connectivity index (χ1n) is 8.80. The number of hydrogen-bond donors (Lipinski definition) is 2. The molecule has 2 aromatic carbocycles. The lowest BCUT2D eigenvalue weighted by molar-refractivity contribution is 0.0528. The number of nitrogens with one attached hydrogen (secondary N) is 2. The first-order valence-corrected chi connectivity index (χ1v) is 8.80. The van der Waals surface area contributed by atoms with Gasteiger partial charge in [0.2, 0.25) is 0 Å². The highest BCUT2D eigenvalue weighted by Crippen LogP contribution is 2.12. The van der Waals surface area contributed by atoms with Gasteiger partial charge in [-0.15, -0.1) is 0 Å². The number of hydrazone groups is 1. The van der Waals surface area contributed by atoms with Gasteiger partial charge in [0.1, 0.15) is 5.60 Å². The van der Waals surface area contributed by atoms with Crippen molar-refractivity contribution in [2.45, 2.75) is 26.4 Å². The summed E-state index contributed by atoms with van der Waals surface area (Å²) in [7, 11) is 1.30. The quantitative estimate of drug-likeness (QED) is 0.456. The molecular formula is C21H23N3O5. The molecule has 0 spiro atoms. The molecule has 2 aromatic rings. The first-order chi connectivity index (χ1) is 13.7. The van der Waals surface area contributed by atoms with E-state index >= 15 is 0 Å². The molecule has 2 rings (SSSR count). The standard InChI is InChI=1S/C21H23N3O5/c1-21(2,3)29-20(27)24-22-13-14-5-11-17(12-6-14)23-18(25)15-7-9-16(10-8-15)19(26)28-4/h5-13H,1-4H3,(H,23,25)(H,24,27). The predicted molar refractivity (Wildman–Crippen MR) is 109 cm³/mol. The zero-order valence-electron chi connectivity index (χ0n) is 16.7. The minimum absolute atomic E-state index is 0.311. The molecule has 152 valence electrons. The van der Waals surface area contributed by atoms with Crippen LogP contribution in [0.3, 0.4) is 0 Å². The minimum atomic E-state index is -0.643. The highest BCUT2D eigenvalue weighted by Gasteiger charge is 2.15. The van der Waals surface area contributed by atoms with Crippen molar-refractivity contribution < 1.29 is 23.9 Å². The first kappa shape index (κ1) is 21.6. The lowest BCUT2D eigenvalue weighted by Gasteiger charge is -2.18. The van der Waals surface area contributed by atoms with Gasteiger partial charge in [0.05, 0.1) is 18.9 Å². The molecule has 0 aliphatic heterocycles. The molecule has 0 atom stereocenters. The van der Waals surface area contributed by atoms with Gasteiger partial charge in [-0.25, -0.2) is 15.0 Å². The molecule has 0 heterocycles. The second-order valence-electron chi connectivity index (χ2n) is 7.02. The van der Waals surface area contributed by atoms with E-state index in [4.69, 9.17) is 4.74 Å². The van der Waals surface area contributed by atoms with Gasteiger partial charge < -0.3 is 14.8 Å². The summed E-state index contributed by atoms with van der Waals surface area (Å²) in [6.07, 6.45) is 0.817. The molecule has 0 bridgehead atoms. The van der Waals surface area contributed by atoms with Crippen LogP contribution in [-0.4, -0.2) is 36.9 Å². The Balaban J connectivity index is 1.91. The SMILES string of the molecule is COC(=O)c1ccc(C(=O)Nc2ccc(C=NNC(=O)OC(C)(C)C)cc2)cc1. The van der Waals surface area contributed by atoms with Gasteiger partial charge in [0.15, 0.2) is 0 Å². The molecule has 2 amide bonds. The average molecular weight is 397 g/mol. The predicted octanol–water partition coefficient (Wildman–Crippen LogP) is 3.58. The van der Waals surface area contributed by atoms with Crippen molar-refractivity contribution in [3.8, 4) is 0 Å². The van der Waals surface area contributed by atoms with Gasteiger partial charge in [-0.1, -0.05) is 12.1 Å². The molecule has 0 aliphatic rings. The Morgan fingerprint density at radius 1 is 0.931 bits per heavy atom. The number of anilines is 1. The summed E-state index contributed by atoms with van der Waals surface area (Å²) in [4.78, 5) is 35.2. The number of benzene rings is 2. The highest BCUT2D eigenvalue weighted by atomic mass is 16.6. The zero-order chi connectivity index (χ0) is 21.4.